The van der Waals surface area contributed by atoms with Gasteiger partial charge in [-0.3, -0.25) is 0 Å². The van der Waals surface area contributed by atoms with Crippen LogP contribution in [0.15, 0.2) is 0 Å². The van der Waals surface area contributed by atoms with Gasteiger partial charge in [-0.15, -0.1) is 0 Å². The van der Waals surface area contributed by atoms with Crippen LogP contribution in [-0.2, 0) is 0 Å². The van der Waals surface area contributed by atoms with Crippen molar-refractivity contribution in [2.24, 2.45) is 5.73 Å². The van der Waals surface area contributed by atoms with Gasteiger partial charge in [-0.2, -0.15) is 0 Å². The van der Waals surface area contributed by atoms with Crippen LogP contribution in [0.5, 0.6) is 0 Å². The maximum atomic E-state index is 11.3. The molecule has 0 unspecified atom stereocenters. The summed E-state index contributed by atoms with van der Waals surface area (Å²) >= 11 is 0. The third-order valence-electron chi connectivity index (χ3n) is 2.92. The summed E-state index contributed by atoms with van der Waals surface area (Å²) in [5.74, 6) is 0. The molecule has 1 aliphatic carbocycles. The molecule has 1 fully saturated rings. The second-order valence-electron chi connectivity index (χ2n) is 4.17. The zero-order chi connectivity index (χ0) is 10.6. The van der Waals surface area contributed by atoms with Gasteiger partial charge in [-0.05, 0) is 25.7 Å². The van der Waals surface area contributed by atoms with E-state index in [1.165, 1.54) is 0 Å². The second kappa shape index (κ2) is 4.64. The standard InChI is InChI=1S/C10H21N3O/c1-3-10(11,4-2)7-12-9(14)13-8-5-6-8/h8H,3-7,11H2,1-2H3,(H2,12,13,14). The molecule has 0 aromatic carbocycles. The number of nitrogens with two attached hydrogens (primary N) is 1. The fourth-order valence-electron chi connectivity index (χ4n) is 1.22. The Morgan fingerprint density at radius 2 is 2.00 bits per heavy atom. The highest BCUT2D eigenvalue weighted by atomic mass is 16.2. The van der Waals surface area contributed by atoms with Gasteiger partial charge < -0.3 is 16.4 Å². The van der Waals surface area contributed by atoms with Crippen LogP contribution in [-0.4, -0.2) is 24.2 Å². The fraction of sp³-hybridized carbons (Fsp3) is 0.900. The zero-order valence-electron chi connectivity index (χ0n) is 9.10. The molecule has 0 radical (unpaired) electrons. The van der Waals surface area contributed by atoms with Gasteiger partial charge >= 0.3 is 6.03 Å². The molecular formula is C10H21N3O. The first-order chi connectivity index (χ1) is 6.59. The van der Waals surface area contributed by atoms with Gasteiger partial charge in [0, 0.05) is 18.1 Å². The van der Waals surface area contributed by atoms with Crippen molar-refractivity contribution in [1.82, 2.24) is 10.6 Å². The summed E-state index contributed by atoms with van der Waals surface area (Å²) in [5, 5.41) is 5.69. The van der Waals surface area contributed by atoms with Gasteiger partial charge in [0.15, 0.2) is 0 Å². The van der Waals surface area contributed by atoms with E-state index < -0.39 is 0 Å². The van der Waals surface area contributed by atoms with Crippen molar-refractivity contribution in [3.63, 3.8) is 0 Å². The smallest absolute Gasteiger partial charge is 0.315 e. The molecule has 14 heavy (non-hydrogen) atoms. The molecule has 4 nitrogen and oxygen atoms in total. The van der Waals surface area contributed by atoms with Gasteiger partial charge in [0.2, 0.25) is 0 Å². The minimum Gasteiger partial charge on any atom is -0.336 e. The van der Waals surface area contributed by atoms with Gasteiger partial charge in [-0.25, -0.2) is 4.79 Å². The number of hydrogen-bond acceptors (Lipinski definition) is 2. The topological polar surface area (TPSA) is 67.1 Å². The fourth-order valence-corrected chi connectivity index (χ4v) is 1.22. The van der Waals surface area contributed by atoms with Crippen LogP contribution in [0.1, 0.15) is 39.5 Å². The van der Waals surface area contributed by atoms with E-state index in [1.54, 1.807) is 0 Å². The predicted molar refractivity (Wildman–Crippen MR) is 57.1 cm³/mol. The van der Waals surface area contributed by atoms with E-state index in [4.69, 9.17) is 5.73 Å². The minimum absolute atomic E-state index is 0.0794. The average molecular weight is 199 g/mol. The Hall–Kier alpha value is -0.770. The van der Waals surface area contributed by atoms with Crippen LogP contribution in [0.4, 0.5) is 4.79 Å². The van der Waals surface area contributed by atoms with E-state index in [2.05, 4.69) is 10.6 Å². The van der Waals surface area contributed by atoms with Crippen LogP contribution in [0, 0.1) is 0 Å². The predicted octanol–water partition coefficient (Wildman–Crippen LogP) is 0.965. The molecule has 0 spiro atoms. The van der Waals surface area contributed by atoms with Crippen molar-refractivity contribution in [2.45, 2.75) is 51.1 Å². The summed E-state index contributed by atoms with van der Waals surface area (Å²) in [6, 6.07) is 0.328. The van der Waals surface area contributed by atoms with E-state index in [-0.39, 0.29) is 11.6 Å². The van der Waals surface area contributed by atoms with E-state index in [9.17, 15) is 4.79 Å². The van der Waals surface area contributed by atoms with Crippen LogP contribution >= 0.6 is 0 Å². The lowest BCUT2D eigenvalue weighted by Crippen LogP contribution is -2.51. The Kier molecular flexibility index (Phi) is 3.75. The highest BCUT2D eigenvalue weighted by Crippen LogP contribution is 2.18. The molecule has 1 saturated carbocycles. The molecule has 2 amide bonds. The molecule has 0 saturated heterocycles. The SMILES string of the molecule is CCC(N)(CC)CNC(=O)NC1CC1. The Balaban J connectivity index is 2.19. The molecule has 82 valence electrons. The Morgan fingerprint density at radius 3 is 2.43 bits per heavy atom. The van der Waals surface area contributed by atoms with Crippen LogP contribution in [0.3, 0.4) is 0 Å². The average Bonchev–Trinajstić information content (AvgIpc) is 2.98. The highest BCUT2D eigenvalue weighted by molar-refractivity contribution is 5.74. The molecular weight excluding hydrogens is 178 g/mol. The maximum Gasteiger partial charge on any atom is 0.315 e. The van der Waals surface area contributed by atoms with Crippen LogP contribution in [0.25, 0.3) is 0 Å². The number of carbonyl (C=O) groups is 1. The van der Waals surface area contributed by atoms with Crippen molar-refractivity contribution in [1.29, 1.82) is 0 Å². The lowest BCUT2D eigenvalue weighted by Gasteiger charge is -2.26. The molecule has 4 N–H and O–H groups in total. The first-order valence-corrected chi connectivity index (χ1v) is 5.43. The quantitative estimate of drug-likeness (QED) is 0.617. The third-order valence-corrected chi connectivity index (χ3v) is 2.92. The summed E-state index contributed by atoms with van der Waals surface area (Å²) in [7, 11) is 0. The number of carbonyl (C=O) groups excluding carboxylic acids is 1. The molecule has 0 atom stereocenters. The second-order valence-corrected chi connectivity index (χ2v) is 4.17. The molecule has 0 aliphatic heterocycles. The van der Waals surface area contributed by atoms with E-state index in [0.717, 1.165) is 25.7 Å². The van der Waals surface area contributed by atoms with Crippen LogP contribution in [0.2, 0.25) is 0 Å². The van der Waals surface area contributed by atoms with E-state index in [1.807, 2.05) is 13.8 Å². The van der Waals surface area contributed by atoms with Gasteiger partial charge in [-0.1, -0.05) is 13.8 Å². The summed E-state index contributed by atoms with van der Waals surface area (Å²) < 4.78 is 0. The van der Waals surface area contributed by atoms with E-state index in [0.29, 0.717) is 12.6 Å². The maximum absolute atomic E-state index is 11.3. The Bertz CT molecular complexity index is 198. The lowest BCUT2D eigenvalue weighted by molar-refractivity contribution is 0.236. The van der Waals surface area contributed by atoms with Crippen molar-refractivity contribution in [3.8, 4) is 0 Å². The highest BCUT2D eigenvalue weighted by Gasteiger charge is 2.25. The summed E-state index contributed by atoms with van der Waals surface area (Å²) in [4.78, 5) is 11.3. The first kappa shape index (κ1) is 11.3. The summed E-state index contributed by atoms with van der Waals surface area (Å²) in [6.45, 7) is 4.65. The molecule has 1 aliphatic rings. The summed E-state index contributed by atoms with van der Waals surface area (Å²) in [6.07, 6.45) is 3.99. The molecule has 0 aromatic rings. The number of amides is 2. The molecule has 1 rings (SSSR count). The monoisotopic (exact) mass is 199 g/mol. The number of urea groups is 1. The zero-order valence-corrected chi connectivity index (χ0v) is 9.10. The molecule has 0 aromatic heterocycles. The molecule has 0 bridgehead atoms. The van der Waals surface area contributed by atoms with E-state index >= 15 is 0 Å². The van der Waals surface area contributed by atoms with Crippen LogP contribution < -0.4 is 16.4 Å². The number of hydrogen-bond donors (Lipinski definition) is 3. The molecule has 4 heteroatoms. The lowest BCUT2D eigenvalue weighted by atomic mass is 9.94. The first-order valence-electron chi connectivity index (χ1n) is 5.43. The third kappa shape index (κ3) is 3.54. The van der Waals surface area contributed by atoms with Crippen molar-refractivity contribution >= 4 is 6.03 Å². The number of nitrogens with one attached hydrogen (secondary N) is 2. The Labute approximate surface area is 85.6 Å². The minimum atomic E-state index is -0.249. The Morgan fingerprint density at radius 1 is 1.43 bits per heavy atom. The van der Waals surface area contributed by atoms with Gasteiger partial charge in [0.05, 0.1) is 0 Å². The van der Waals surface area contributed by atoms with Crippen molar-refractivity contribution in [2.75, 3.05) is 6.54 Å². The summed E-state index contributed by atoms with van der Waals surface area (Å²) in [5.41, 5.74) is 5.80. The largest absolute Gasteiger partial charge is 0.336 e. The van der Waals surface area contributed by atoms with Gasteiger partial charge in [0.1, 0.15) is 0 Å². The molecule has 0 heterocycles. The van der Waals surface area contributed by atoms with Crippen molar-refractivity contribution in [3.05, 3.63) is 0 Å². The van der Waals surface area contributed by atoms with Crippen molar-refractivity contribution < 1.29 is 4.79 Å². The number of rotatable bonds is 5. The normalized spacial score (nSPS) is 16.5. The van der Waals surface area contributed by atoms with Gasteiger partial charge in [0.25, 0.3) is 0 Å².